The summed E-state index contributed by atoms with van der Waals surface area (Å²) in [5.74, 6) is 0.905. The van der Waals surface area contributed by atoms with Crippen molar-refractivity contribution in [1.82, 2.24) is 9.78 Å². The standard InChI is InChI=1S/C22H21F3N2O3/c1-28-18-10-9-16(12-19(18)30-21-8-5-11-29-21)17-13-20(22(23,24)25)26-27(17)14-15-6-3-2-4-7-15/h2-4,6-7,9-10,12-13,21H,5,8,11,14H2,1H3. The molecule has 1 aliphatic heterocycles. The van der Waals surface area contributed by atoms with Crippen molar-refractivity contribution in [3.8, 4) is 22.8 Å². The molecule has 0 radical (unpaired) electrons. The van der Waals surface area contributed by atoms with Gasteiger partial charge in [-0.05, 0) is 36.2 Å². The maximum atomic E-state index is 13.4. The molecule has 1 unspecified atom stereocenters. The molecule has 30 heavy (non-hydrogen) atoms. The number of nitrogens with zero attached hydrogens (tertiary/aromatic N) is 2. The summed E-state index contributed by atoms with van der Waals surface area (Å²) in [6.45, 7) is 0.825. The number of hydrogen-bond acceptors (Lipinski definition) is 4. The van der Waals surface area contributed by atoms with Gasteiger partial charge < -0.3 is 14.2 Å². The van der Waals surface area contributed by atoms with Gasteiger partial charge in [-0.2, -0.15) is 18.3 Å². The zero-order valence-corrected chi connectivity index (χ0v) is 16.4. The fourth-order valence-corrected chi connectivity index (χ4v) is 3.38. The maximum absolute atomic E-state index is 13.4. The Bertz CT molecular complexity index is 997. The average Bonchev–Trinajstić information content (AvgIpc) is 3.38. The van der Waals surface area contributed by atoms with Gasteiger partial charge in [-0.15, -0.1) is 0 Å². The van der Waals surface area contributed by atoms with Gasteiger partial charge in [-0.3, -0.25) is 4.68 Å². The van der Waals surface area contributed by atoms with Gasteiger partial charge in [0.05, 0.1) is 26.0 Å². The minimum Gasteiger partial charge on any atom is -0.493 e. The molecule has 1 aromatic heterocycles. The van der Waals surface area contributed by atoms with Crippen LogP contribution in [-0.4, -0.2) is 29.8 Å². The van der Waals surface area contributed by atoms with Crippen LogP contribution >= 0.6 is 0 Å². The predicted octanol–water partition coefficient (Wildman–Crippen LogP) is 5.14. The van der Waals surface area contributed by atoms with Crippen molar-refractivity contribution in [2.45, 2.75) is 31.9 Å². The quantitative estimate of drug-likeness (QED) is 0.556. The normalized spacial score (nSPS) is 16.6. The van der Waals surface area contributed by atoms with E-state index in [1.165, 1.54) is 11.8 Å². The monoisotopic (exact) mass is 418 g/mol. The van der Waals surface area contributed by atoms with Gasteiger partial charge in [-0.1, -0.05) is 30.3 Å². The van der Waals surface area contributed by atoms with Gasteiger partial charge in [0.2, 0.25) is 0 Å². The Morgan fingerprint density at radius 1 is 1.10 bits per heavy atom. The molecule has 4 rings (SSSR count). The van der Waals surface area contributed by atoms with Crippen LogP contribution < -0.4 is 9.47 Å². The fourth-order valence-electron chi connectivity index (χ4n) is 3.38. The van der Waals surface area contributed by atoms with E-state index >= 15 is 0 Å². The van der Waals surface area contributed by atoms with E-state index in [-0.39, 0.29) is 6.54 Å². The van der Waals surface area contributed by atoms with Crippen molar-refractivity contribution < 1.29 is 27.4 Å². The number of hydrogen-bond donors (Lipinski definition) is 0. The number of ether oxygens (including phenoxy) is 3. The smallest absolute Gasteiger partial charge is 0.435 e. The van der Waals surface area contributed by atoms with Gasteiger partial charge >= 0.3 is 6.18 Å². The second kappa shape index (κ2) is 8.39. The third-order valence-corrected chi connectivity index (χ3v) is 4.85. The van der Waals surface area contributed by atoms with E-state index in [9.17, 15) is 13.2 Å². The van der Waals surface area contributed by atoms with Crippen LogP contribution in [0, 0.1) is 0 Å². The molecule has 0 aliphatic carbocycles. The Morgan fingerprint density at radius 3 is 2.57 bits per heavy atom. The lowest BCUT2D eigenvalue weighted by molar-refractivity contribution is -0.141. The molecule has 0 spiro atoms. The fraction of sp³-hybridized carbons (Fsp3) is 0.318. The summed E-state index contributed by atoms with van der Waals surface area (Å²) in [5.41, 5.74) is 0.791. The van der Waals surface area contributed by atoms with Crippen molar-refractivity contribution in [2.75, 3.05) is 13.7 Å². The van der Waals surface area contributed by atoms with Crippen molar-refractivity contribution >= 4 is 0 Å². The Balaban J connectivity index is 1.73. The van der Waals surface area contributed by atoms with Crippen molar-refractivity contribution in [2.24, 2.45) is 0 Å². The van der Waals surface area contributed by atoms with E-state index in [1.54, 1.807) is 18.2 Å². The molecule has 0 saturated carbocycles. The SMILES string of the molecule is COc1ccc(-c2cc(C(F)(F)F)nn2Cc2ccccc2)cc1OC1CCCO1. The van der Waals surface area contributed by atoms with E-state index < -0.39 is 18.2 Å². The minimum atomic E-state index is -4.54. The molecule has 3 aromatic rings. The lowest BCUT2D eigenvalue weighted by Gasteiger charge is -2.17. The number of methoxy groups -OCH3 is 1. The first-order valence-electron chi connectivity index (χ1n) is 9.59. The summed E-state index contributed by atoms with van der Waals surface area (Å²) in [7, 11) is 1.51. The number of aromatic nitrogens is 2. The van der Waals surface area contributed by atoms with Gasteiger partial charge in [0.1, 0.15) is 0 Å². The molecule has 158 valence electrons. The van der Waals surface area contributed by atoms with Crippen molar-refractivity contribution in [1.29, 1.82) is 0 Å². The summed E-state index contributed by atoms with van der Waals surface area (Å²) in [5, 5.41) is 3.82. The first-order valence-corrected chi connectivity index (χ1v) is 9.59. The number of alkyl halides is 3. The van der Waals surface area contributed by atoms with Gasteiger partial charge in [0.25, 0.3) is 0 Å². The summed E-state index contributed by atoms with van der Waals surface area (Å²) >= 11 is 0. The highest BCUT2D eigenvalue weighted by Crippen LogP contribution is 2.37. The Kier molecular flexibility index (Phi) is 5.67. The zero-order valence-electron chi connectivity index (χ0n) is 16.4. The third-order valence-electron chi connectivity index (χ3n) is 4.85. The molecule has 1 aliphatic rings. The number of rotatable bonds is 6. The number of halogens is 3. The van der Waals surface area contributed by atoms with E-state index in [0.29, 0.717) is 29.4 Å². The molecule has 1 fully saturated rings. The predicted molar refractivity (Wildman–Crippen MR) is 104 cm³/mol. The largest absolute Gasteiger partial charge is 0.493 e. The first kappa shape index (κ1) is 20.3. The second-order valence-corrected chi connectivity index (χ2v) is 6.98. The zero-order chi connectivity index (χ0) is 21.1. The van der Waals surface area contributed by atoms with Crippen LogP contribution in [-0.2, 0) is 17.5 Å². The van der Waals surface area contributed by atoms with Crippen LogP contribution in [0.2, 0.25) is 0 Å². The highest BCUT2D eigenvalue weighted by molar-refractivity contribution is 5.65. The highest BCUT2D eigenvalue weighted by Gasteiger charge is 2.35. The van der Waals surface area contributed by atoms with Gasteiger partial charge in [0.15, 0.2) is 23.5 Å². The van der Waals surface area contributed by atoms with E-state index in [1.807, 2.05) is 30.3 Å². The molecule has 0 amide bonds. The van der Waals surface area contributed by atoms with Crippen LogP contribution in [0.3, 0.4) is 0 Å². The first-order chi connectivity index (χ1) is 14.4. The number of benzene rings is 2. The highest BCUT2D eigenvalue weighted by atomic mass is 19.4. The molecule has 2 aromatic carbocycles. The van der Waals surface area contributed by atoms with E-state index in [2.05, 4.69) is 5.10 Å². The van der Waals surface area contributed by atoms with Crippen LogP contribution in [0.25, 0.3) is 11.3 Å². The minimum absolute atomic E-state index is 0.209. The molecule has 2 heterocycles. The Hall–Kier alpha value is -3.00. The van der Waals surface area contributed by atoms with Crippen molar-refractivity contribution in [3.05, 3.63) is 65.9 Å². The third kappa shape index (κ3) is 4.43. The van der Waals surface area contributed by atoms with E-state index in [0.717, 1.165) is 24.5 Å². The van der Waals surface area contributed by atoms with Crippen molar-refractivity contribution in [3.63, 3.8) is 0 Å². The molecule has 5 nitrogen and oxygen atoms in total. The molecule has 0 N–H and O–H groups in total. The summed E-state index contributed by atoms with van der Waals surface area (Å²) in [6.07, 6.45) is -3.29. The Labute approximate surface area is 172 Å². The molecule has 8 heteroatoms. The maximum Gasteiger partial charge on any atom is 0.435 e. The summed E-state index contributed by atoms with van der Waals surface area (Å²) < 4.78 is 58.2. The van der Waals surface area contributed by atoms with Crippen LogP contribution in [0.15, 0.2) is 54.6 Å². The van der Waals surface area contributed by atoms with Gasteiger partial charge in [-0.25, -0.2) is 0 Å². The van der Waals surface area contributed by atoms with Crippen LogP contribution in [0.4, 0.5) is 13.2 Å². The molecular formula is C22H21F3N2O3. The summed E-state index contributed by atoms with van der Waals surface area (Å²) in [4.78, 5) is 0. The van der Waals surface area contributed by atoms with Gasteiger partial charge in [0, 0.05) is 12.0 Å². The molecular weight excluding hydrogens is 397 g/mol. The average molecular weight is 418 g/mol. The Morgan fingerprint density at radius 2 is 1.90 bits per heavy atom. The molecule has 0 bridgehead atoms. The topological polar surface area (TPSA) is 45.5 Å². The van der Waals surface area contributed by atoms with Crippen LogP contribution in [0.5, 0.6) is 11.5 Å². The van der Waals surface area contributed by atoms with Crippen LogP contribution in [0.1, 0.15) is 24.1 Å². The second-order valence-electron chi connectivity index (χ2n) is 6.98. The molecule has 1 atom stereocenters. The lowest BCUT2D eigenvalue weighted by Crippen LogP contribution is -2.14. The molecule has 1 saturated heterocycles. The summed E-state index contributed by atoms with van der Waals surface area (Å²) in [6, 6.07) is 15.3. The lowest BCUT2D eigenvalue weighted by atomic mass is 10.1. The van der Waals surface area contributed by atoms with E-state index in [4.69, 9.17) is 14.2 Å².